The fourth-order valence-electron chi connectivity index (χ4n) is 2.51. The Labute approximate surface area is 155 Å². The lowest BCUT2D eigenvalue weighted by molar-refractivity contribution is 0.0925. The van der Waals surface area contributed by atoms with E-state index < -0.39 is 0 Å². The molecule has 0 unspecified atom stereocenters. The monoisotopic (exact) mass is 434 g/mol. The number of carbonyl (C=O) groups is 1. The number of amides is 1. The number of carbonyl (C=O) groups excluding carboxylic acids is 1. The highest BCUT2D eigenvalue weighted by Gasteiger charge is 2.15. The summed E-state index contributed by atoms with van der Waals surface area (Å²) >= 11 is 0. The number of likely N-dealkylation sites (tertiary alicyclic amines) is 1. The zero-order valence-corrected chi connectivity index (χ0v) is 16.3. The second-order valence-corrected chi connectivity index (χ2v) is 5.47. The van der Waals surface area contributed by atoms with Gasteiger partial charge in [0, 0.05) is 38.3 Å². The molecule has 2 rings (SSSR count). The number of nitrogens with zero attached hydrogens (tertiary/aromatic N) is 2. The van der Waals surface area contributed by atoms with E-state index in [4.69, 9.17) is 4.42 Å². The van der Waals surface area contributed by atoms with Crippen LogP contribution >= 0.6 is 24.0 Å². The lowest BCUT2D eigenvalue weighted by Gasteiger charge is -2.20. The van der Waals surface area contributed by atoms with Crippen LogP contribution < -0.4 is 10.6 Å². The number of aryl methyl sites for hydroxylation is 1. The first kappa shape index (κ1) is 19.8. The first-order valence-corrected chi connectivity index (χ1v) is 8.08. The summed E-state index contributed by atoms with van der Waals surface area (Å²) in [5, 5.41) is 6.19. The maximum Gasteiger partial charge on any atom is 0.287 e. The topological polar surface area (TPSA) is 69.9 Å². The van der Waals surface area contributed by atoms with E-state index >= 15 is 0 Å². The Hall–Kier alpha value is -1.25. The lowest BCUT2D eigenvalue weighted by atomic mass is 10.2. The fourth-order valence-corrected chi connectivity index (χ4v) is 2.51. The van der Waals surface area contributed by atoms with Crippen molar-refractivity contribution in [1.29, 1.82) is 0 Å². The van der Waals surface area contributed by atoms with Crippen LogP contribution in [0.5, 0.6) is 0 Å². The van der Waals surface area contributed by atoms with Gasteiger partial charge < -0.3 is 20.0 Å². The number of guanidine groups is 1. The Morgan fingerprint density at radius 3 is 2.70 bits per heavy atom. The highest BCUT2D eigenvalue weighted by molar-refractivity contribution is 14.0. The van der Waals surface area contributed by atoms with Gasteiger partial charge in [-0.25, -0.2) is 0 Å². The average Bonchev–Trinajstić information content (AvgIpc) is 3.16. The van der Waals surface area contributed by atoms with Gasteiger partial charge in [-0.2, -0.15) is 0 Å². The van der Waals surface area contributed by atoms with E-state index in [1.165, 1.54) is 19.1 Å². The van der Waals surface area contributed by atoms with Crippen LogP contribution in [-0.2, 0) is 0 Å². The summed E-state index contributed by atoms with van der Waals surface area (Å²) in [7, 11) is 0. The maximum absolute atomic E-state index is 11.9. The van der Waals surface area contributed by atoms with Crippen molar-refractivity contribution in [3.8, 4) is 0 Å². The number of furan rings is 1. The molecule has 23 heavy (non-hydrogen) atoms. The molecular formula is C16H27IN4O2. The first-order chi connectivity index (χ1) is 10.7. The molecule has 130 valence electrons. The zero-order chi connectivity index (χ0) is 15.8. The smallest absolute Gasteiger partial charge is 0.287 e. The van der Waals surface area contributed by atoms with E-state index in [1.807, 2.05) is 6.92 Å². The van der Waals surface area contributed by atoms with Crippen LogP contribution in [0.15, 0.2) is 21.7 Å². The summed E-state index contributed by atoms with van der Waals surface area (Å²) in [6.45, 7) is 8.29. The third-order valence-electron chi connectivity index (χ3n) is 3.69. The number of hydrogen-bond donors (Lipinski definition) is 2. The minimum absolute atomic E-state index is 0. The molecular weight excluding hydrogens is 407 g/mol. The Bertz CT molecular complexity index is 510. The summed E-state index contributed by atoms with van der Waals surface area (Å²) in [6.07, 6.45) is 4.83. The average molecular weight is 434 g/mol. The van der Waals surface area contributed by atoms with Gasteiger partial charge in [0.2, 0.25) is 0 Å². The molecule has 0 radical (unpaired) electrons. The summed E-state index contributed by atoms with van der Waals surface area (Å²) in [6, 6.07) is 1.79. The van der Waals surface area contributed by atoms with Crippen LogP contribution in [0.2, 0.25) is 0 Å². The predicted octanol–water partition coefficient (Wildman–Crippen LogP) is 2.39. The van der Waals surface area contributed by atoms with E-state index in [9.17, 15) is 4.79 Å². The van der Waals surface area contributed by atoms with Crippen molar-refractivity contribution in [2.24, 2.45) is 4.99 Å². The van der Waals surface area contributed by atoms with E-state index in [2.05, 4.69) is 27.4 Å². The molecule has 0 aromatic carbocycles. The molecule has 0 saturated carbocycles. The minimum Gasteiger partial charge on any atom is -0.459 e. The van der Waals surface area contributed by atoms with Crippen LogP contribution in [-0.4, -0.2) is 49.5 Å². The summed E-state index contributed by atoms with van der Waals surface area (Å²) in [5.41, 5.74) is 0.860. The third kappa shape index (κ3) is 6.04. The van der Waals surface area contributed by atoms with Gasteiger partial charge >= 0.3 is 0 Å². The molecule has 1 aromatic rings. The highest BCUT2D eigenvalue weighted by Crippen LogP contribution is 2.08. The van der Waals surface area contributed by atoms with Crippen molar-refractivity contribution < 1.29 is 9.21 Å². The van der Waals surface area contributed by atoms with E-state index in [0.29, 0.717) is 18.8 Å². The summed E-state index contributed by atoms with van der Waals surface area (Å²) < 4.78 is 5.16. The van der Waals surface area contributed by atoms with Gasteiger partial charge in [-0.3, -0.25) is 9.79 Å². The normalized spacial score (nSPS) is 14.5. The van der Waals surface area contributed by atoms with Crippen LogP contribution in [0.4, 0.5) is 0 Å². The van der Waals surface area contributed by atoms with Crippen LogP contribution in [0.1, 0.15) is 42.3 Å². The lowest BCUT2D eigenvalue weighted by Crippen LogP contribution is -2.39. The SMILES string of the molecule is CCNC(=NCCCNC(=O)c1occc1C)N1CCCC1.I. The largest absolute Gasteiger partial charge is 0.459 e. The highest BCUT2D eigenvalue weighted by atomic mass is 127. The molecule has 7 heteroatoms. The predicted molar refractivity (Wildman–Crippen MR) is 103 cm³/mol. The number of nitrogens with one attached hydrogen (secondary N) is 2. The number of rotatable bonds is 6. The van der Waals surface area contributed by atoms with Gasteiger partial charge in [-0.15, -0.1) is 24.0 Å². The van der Waals surface area contributed by atoms with Crippen LogP contribution in [0.25, 0.3) is 0 Å². The van der Waals surface area contributed by atoms with E-state index in [-0.39, 0.29) is 29.9 Å². The van der Waals surface area contributed by atoms with Gasteiger partial charge in [0.1, 0.15) is 0 Å². The summed E-state index contributed by atoms with van der Waals surface area (Å²) in [5.74, 6) is 1.24. The molecule has 1 fully saturated rings. The van der Waals surface area contributed by atoms with Gasteiger partial charge in [0.25, 0.3) is 5.91 Å². The Morgan fingerprint density at radius 2 is 2.09 bits per heavy atom. The van der Waals surface area contributed by atoms with E-state index in [1.54, 1.807) is 6.07 Å². The van der Waals surface area contributed by atoms with Gasteiger partial charge in [-0.1, -0.05) is 0 Å². The molecule has 1 aromatic heterocycles. The standard InChI is InChI=1S/C16H26N4O2.HI/c1-3-17-16(20-10-4-5-11-20)19-9-6-8-18-15(21)14-13(2)7-12-22-14;/h7,12H,3-6,8-11H2,1-2H3,(H,17,19)(H,18,21);1H. The second kappa shape index (κ2) is 10.5. The molecule has 1 saturated heterocycles. The van der Waals surface area contributed by atoms with Crippen molar-refractivity contribution in [3.05, 3.63) is 23.7 Å². The quantitative estimate of drug-likeness (QED) is 0.312. The van der Waals surface area contributed by atoms with Crippen LogP contribution in [0.3, 0.4) is 0 Å². The van der Waals surface area contributed by atoms with Crippen molar-refractivity contribution in [3.63, 3.8) is 0 Å². The van der Waals surface area contributed by atoms with Crippen molar-refractivity contribution in [1.82, 2.24) is 15.5 Å². The molecule has 0 atom stereocenters. The Balaban J connectivity index is 0.00000264. The molecule has 2 N–H and O–H groups in total. The van der Waals surface area contributed by atoms with Crippen LogP contribution in [0, 0.1) is 6.92 Å². The van der Waals surface area contributed by atoms with E-state index in [0.717, 1.165) is 37.6 Å². The van der Waals surface area contributed by atoms with Gasteiger partial charge in [0.15, 0.2) is 11.7 Å². The fraction of sp³-hybridized carbons (Fsp3) is 0.625. The Kier molecular flexibility index (Phi) is 9.05. The zero-order valence-electron chi connectivity index (χ0n) is 13.9. The summed E-state index contributed by atoms with van der Waals surface area (Å²) in [4.78, 5) is 18.8. The number of halogens is 1. The maximum atomic E-state index is 11.9. The third-order valence-corrected chi connectivity index (χ3v) is 3.69. The molecule has 2 heterocycles. The molecule has 0 spiro atoms. The second-order valence-electron chi connectivity index (χ2n) is 5.47. The molecule has 0 aliphatic carbocycles. The Morgan fingerprint density at radius 1 is 1.35 bits per heavy atom. The number of aliphatic imine (C=N–C) groups is 1. The van der Waals surface area contributed by atoms with Crippen molar-refractivity contribution in [2.45, 2.75) is 33.1 Å². The molecule has 0 bridgehead atoms. The molecule has 1 amide bonds. The molecule has 6 nitrogen and oxygen atoms in total. The van der Waals surface area contributed by atoms with Gasteiger partial charge in [0.05, 0.1) is 6.26 Å². The molecule has 1 aliphatic heterocycles. The first-order valence-electron chi connectivity index (χ1n) is 8.08. The number of hydrogen-bond acceptors (Lipinski definition) is 3. The van der Waals surface area contributed by atoms with Gasteiger partial charge in [-0.05, 0) is 39.2 Å². The van der Waals surface area contributed by atoms with Crippen molar-refractivity contribution >= 4 is 35.8 Å². The minimum atomic E-state index is -0.155. The van der Waals surface area contributed by atoms with Crippen molar-refractivity contribution in [2.75, 3.05) is 32.7 Å². The molecule has 1 aliphatic rings.